The monoisotopic (exact) mass is 336 g/mol. The number of hydrogen-bond acceptors (Lipinski definition) is 2. The van der Waals surface area contributed by atoms with Gasteiger partial charge in [0.2, 0.25) is 0 Å². The molecule has 0 aliphatic rings. The molecule has 0 saturated heterocycles. The molecule has 0 heterocycles. The lowest BCUT2D eigenvalue weighted by atomic mass is 10.1. The zero-order valence-electron chi connectivity index (χ0n) is 11.1. The van der Waals surface area contributed by atoms with Gasteiger partial charge in [0.25, 0.3) is 5.91 Å². The van der Waals surface area contributed by atoms with Gasteiger partial charge >= 0.3 is 0 Å². The van der Waals surface area contributed by atoms with Gasteiger partial charge in [-0.15, -0.1) is 0 Å². The third-order valence-electron chi connectivity index (χ3n) is 2.91. The van der Waals surface area contributed by atoms with Crippen LogP contribution in [0.1, 0.15) is 21.5 Å². The maximum absolute atomic E-state index is 13.3. The lowest BCUT2D eigenvalue weighted by molar-refractivity contribution is 0.102. The van der Waals surface area contributed by atoms with E-state index in [0.29, 0.717) is 16.9 Å². The Morgan fingerprint density at radius 2 is 1.90 bits per heavy atom. The highest BCUT2D eigenvalue weighted by atomic mass is 79.9. The van der Waals surface area contributed by atoms with Crippen molar-refractivity contribution in [1.82, 2.24) is 0 Å². The minimum absolute atomic E-state index is 0.272. The highest BCUT2D eigenvalue weighted by molar-refractivity contribution is 9.10. The Kier molecular flexibility index (Phi) is 4.09. The summed E-state index contributed by atoms with van der Waals surface area (Å²) in [5.74, 6) is -0.811. The summed E-state index contributed by atoms with van der Waals surface area (Å²) >= 11 is 3.37. The number of halogens is 2. The molecule has 0 fully saturated rings. The highest BCUT2D eigenvalue weighted by Crippen LogP contribution is 2.28. The van der Waals surface area contributed by atoms with Crippen molar-refractivity contribution < 1.29 is 9.18 Å². The molecule has 20 heavy (non-hydrogen) atoms. The number of aryl methyl sites for hydroxylation is 2. The molecule has 0 bridgehead atoms. The van der Waals surface area contributed by atoms with Crippen molar-refractivity contribution in [1.29, 1.82) is 0 Å². The zero-order valence-corrected chi connectivity index (χ0v) is 12.7. The van der Waals surface area contributed by atoms with E-state index in [2.05, 4.69) is 21.2 Å². The predicted octanol–water partition coefficient (Wildman–Crippen LogP) is 4.04. The number of benzene rings is 2. The van der Waals surface area contributed by atoms with Gasteiger partial charge in [-0.3, -0.25) is 4.79 Å². The molecular formula is C15H14BrFN2O. The number of hydrogen-bond donors (Lipinski definition) is 2. The van der Waals surface area contributed by atoms with Crippen LogP contribution in [0.2, 0.25) is 0 Å². The van der Waals surface area contributed by atoms with Gasteiger partial charge in [0, 0.05) is 15.7 Å². The van der Waals surface area contributed by atoms with Crippen LogP contribution < -0.4 is 11.1 Å². The summed E-state index contributed by atoms with van der Waals surface area (Å²) in [6.45, 7) is 3.61. The second kappa shape index (κ2) is 5.63. The number of amides is 1. The fourth-order valence-corrected chi connectivity index (χ4v) is 2.40. The second-order valence-electron chi connectivity index (χ2n) is 4.66. The molecule has 0 aromatic heterocycles. The van der Waals surface area contributed by atoms with Crippen LogP contribution >= 0.6 is 15.9 Å². The van der Waals surface area contributed by atoms with E-state index in [4.69, 9.17) is 5.73 Å². The van der Waals surface area contributed by atoms with Gasteiger partial charge in [-0.05, 0) is 71.2 Å². The van der Waals surface area contributed by atoms with Crippen LogP contribution in [0, 0.1) is 19.7 Å². The largest absolute Gasteiger partial charge is 0.398 e. The van der Waals surface area contributed by atoms with Crippen LogP contribution in [0.4, 0.5) is 15.8 Å². The molecule has 0 atom stereocenters. The standard InChI is InChI=1S/C15H14BrFN2O/c1-8-3-10(6-11(17)4-8)15(20)19-14-7-13(18)9(2)5-12(14)16/h3-7H,18H2,1-2H3,(H,19,20). The van der Waals surface area contributed by atoms with Crippen LogP contribution in [-0.2, 0) is 0 Å². The molecule has 0 aliphatic carbocycles. The van der Waals surface area contributed by atoms with Gasteiger partial charge in [-0.25, -0.2) is 4.39 Å². The molecule has 0 aliphatic heterocycles. The lowest BCUT2D eigenvalue weighted by Crippen LogP contribution is -2.13. The average Bonchev–Trinajstić information content (AvgIpc) is 2.34. The SMILES string of the molecule is Cc1cc(F)cc(C(=O)Nc2cc(N)c(C)cc2Br)c1. The maximum atomic E-state index is 13.3. The van der Waals surface area contributed by atoms with Crippen molar-refractivity contribution >= 4 is 33.2 Å². The van der Waals surface area contributed by atoms with Gasteiger partial charge in [0.05, 0.1) is 5.69 Å². The molecule has 3 N–H and O–H groups in total. The number of nitrogen functional groups attached to an aromatic ring is 1. The van der Waals surface area contributed by atoms with Crippen molar-refractivity contribution in [2.75, 3.05) is 11.1 Å². The van der Waals surface area contributed by atoms with E-state index in [1.807, 2.05) is 13.0 Å². The summed E-state index contributed by atoms with van der Waals surface area (Å²) in [6.07, 6.45) is 0. The number of nitrogens with one attached hydrogen (secondary N) is 1. The summed E-state index contributed by atoms with van der Waals surface area (Å²) < 4.78 is 14.0. The Labute approximate surface area is 125 Å². The molecule has 1 amide bonds. The topological polar surface area (TPSA) is 55.1 Å². The molecule has 2 aromatic rings. The van der Waals surface area contributed by atoms with Gasteiger partial charge in [-0.1, -0.05) is 0 Å². The summed E-state index contributed by atoms with van der Waals surface area (Å²) in [5, 5.41) is 2.72. The first-order valence-electron chi connectivity index (χ1n) is 6.01. The number of rotatable bonds is 2. The Bertz CT molecular complexity index is 666. The van der Waals surface area contributed by atoms with Gasteiger partial charge in [0.1, 0.15) is 5.82 Å². The first kappa shape index (κ1) is 14.5. The van der Waals surface area contributed by atoms with Crippen LogP contribution in [0.15, 0.2) is 34.8 Å². The van der Waals surface area contributed by atoms with Crippen molar-refractivity contribution in [3.8, 4) is 0 Å². The van der Waals surface area contributed by atoms with Crippen molar-refractivity contribution in [3.05, 3.63) is 57.3 Å². The fourth-order valence-electron chi connectivity index (χ4n) is 1.85. The first-order chi connectivity index (χ1) is 9.36. The minimum atomic E-state index is -0.433. The van der Waals surface area contributed by atoms with Gasteiger partial charge in [-0.2, -0.15) is 0 Å². The quantitative estimate of drug-likeness (QED) is 0.813. The van der Waals surface area contributed by atoms with E-state index in [1.54, 1.807) is 19.1 Å². The molecule has 0 unspecified atom stereocenters. The van der Waals surface area contributed by atoms with E-state index in [1.165, 1.54) is 12.1 Å². The van der Waals surface area contributed by atoms with E-state index >= 15 is 0 Å². The Hall–Kier alpha value is -1.88. The normalized spacial score (nSPS) is 10.4. The number of anilines is 2. The van der Waals surface area contributed by atoms with E-state index < -0.39 is 5.82 Å². The molecule has 0 saturated carbocycles. The van der Waals surface area contributed by atoms with Gasteiger partial charge < -0.3 is 11.1 Å². The van der Waals surface area contributed by atoms with Crippen LogP contribution in [0.25, 0.3) is 0 Å². The second-order valence-corrected chi connectivity index (χ2v) is 5.51. The maximum Gasteiger partial charge on any atom is 0.255 e. The smallest absolute Gasteiger partial charge is 0.255 e. The number of carbonyl (C=O) groups excluding carboxylic acids is 1. The molecule has 2 rings (SSSR count). The molecule has 3 nitrogen and oxygen atoms in total. The number of nitrogens with two attached hydrogens (primary N) is 1. The summed E-state index contributed by atoms with van der Waals surface area (Å²) in [7, 11) is 0. The van der Waals surface area contributed by atoms with Crippen LogP contribution in [-0.4, -0.2) is 5.91 Å². The minimum Gasteiger partial charge on any atom is -0.398 e. The van der Waals surface area contributed by atoms with E-state index in [0.717, 1.165) is 10.0 Å². The molecule has 0 spiro atoms. The molecule has 2 aromatic carbocycles. The Balaban J connectivity index is 2.30. The summed E-state index contributed by atoms with van der Waals surface area (Å²) in [4.78, 5) is 12.1. The Morgan fingerprint density at radius 3 is 2.55 bits per heavy atom. The van der Waals surface area contributed by atoms with Gasteiger partial charge in [0.15, 0.2) is 0 Å². The summed E-state index contributed by atoms with van der Waals surface area (Å²) in [5.41, 5.74) is 8.84. The molecule has 5 heteroatoms. The van der Waals surface area contributed by atoms with Crippen molar-refractivity contribution in [3.63, 3.8) is 0 Å². The molecule has 104 valence electrons. The van der Waals surface area contributed by atoms with Crippen molar-refractivity contribution in [2.45, 2.75) is 13.8 Å². The first-order valence-corrected chi connectivity index (χ1v) is 6.80. The Morgan fingerprint density at radius 1 is 1.20 bits per heavy atom. The summed E-state index contributed by atoms with van der Waals surface area (Å²) in [6, 6.07) is 7.69. The molecular weight excluding hydrogens is 323 g/mol. The molecule has 0 radical (unpaired) electrons. The lowest BCUT2D eigenvalue weighted by Gasteiger charge is -2.10. The van der Waals surface area contributed by atoms with Crippen molar-refractivity contribution in [2.24, 2.45) is 0 Å². The average molecular weight is 337 g/mol. The van der Waals surface area contributed by atoms with Crippen LogP contribution in [0.3, 0.4) is 0 Å². The van der Waals surface area contributed by atoms with E-state index in [-0.39, 0.29) is 11.5 Å². The number of carbonyl (C=O) groups is 1. The van der Waals surface area contributed by atoms with Crippen LogP contribution in [0.5, 0.6) is 0 Å². The third kappa shape index (κ3) is 3.17. The zero-order chi connectivity index (χ0) is 14.9. The fraction of sp³-hybridized carbons (Fsp3) is 0.133. The highest BCUT2D eigenvalue weighted by Gasteiger charge is 2.11. The predicted molar refractivity (Wildman–Crippen MR) is 82.4 cm³/mol. The van der Waals surface area contributed by atoms with E-state index in [9.17, 15) is 9.18 Å². The third-order valence-corrected chi connectivity index (χ3v) is 3.56.